The Balaban J connectivity index is 1.34. The molecule has 0 amide bonds. The van der Waals surface area contributed by atoms with Gasteiger partial charge >= 0.3 is 5.97 Å². The highest BCUT2D eigenvalue weighted by molar-refractivity contribution is 6.21. The molecule has 202 valence electrons. The van der Waals surface area contributed by atoms with Crippen molar-refractivity contribution < 1.29 is 19.4 Å². The second-order valence-electron chi connectivity index (χ2n) is 10.3. The summed E-state index contributed by atoms with van der Waals surface area (Å²) >= 11 is 6.75. The van der Waals surface area contributed by atoms with Crippen LogP contribution in [0.15, 0.2) is 36.4 Å². The fourth-order valence-corrected chi connectivity index (χ4v) is 5.88. The molecule has 1 aromatic carbocycles. The lowest BCUT2D eigenvalue weighted by Gasteiger charge is -2.26. The third kappa shape index (κ3) is 9.81. The van der Waals surface area contributed by atoms with Crippen LogP contribution in [0.25, 0.3) is 0 Å². The molecule has 0 spiro atoms. The normalized spacial score (nSPS) is 23.8. The van der Waals surface area contributed by atoms with E-state index in [4.69, 9.17) is 21.1 Å². The number of alkyl halides is 1. The molecule has 3 rings (SSSR count). The van der Waals surface area contributed by atoms with Gasteiger partial charge in [-0.25, -0.2) is 0 Å². The number of ether oxygens (including phenoxy) is 2. The van der Waals surface area contributed by atoms with Crippen molar-refractivity contribution in [2.24, 2.45) is 5.92 Å². The number of morpholine rings is 1. The lowest BCUT2D eigenvalue weighted by atomic mass is 9.85. The van der Waals surface area contributed by atoms with E-state index in [2.05, 4.69) is 48.2 Å². The average molecular weight is 520 g/mol. The number of hydrogen-bond donors (Lipinski definition) is 1. The zero-order valence-corrected chi connectivity index (χ0v) is 22.8. The van der Waals surface area contributed by atoms with E-state index in [1.54, 1.807) is 0 Å². The van der Waals surface area contributed by atoms with Crippen molar-refractivity contribution in [3.63, 3.8) is 0 Å². The van der Waals surface area contributed by atoms with E-state index in [9.17, 15) is 9.90 Å². The molecule has 0 aromatic heterocycles. The first-order valence-corrected chi connectivity index (χ1v) is 14.5. The van der Waals surface area contributed by atoms with Gasteiger partial charge in [-0.3, -0.25) is 9.69 Å². The maximum Gasteiger partial charge on any atom is 0.305 e. The molecular formula is C30H46ClNO4. The van der Waals surface area contributed by atoms with E-state index in [1.165, 1.54) is 18.4 Å². The van der Waals surface area contributed by atoms with Gasteiger partial charge in [0, 0.05) is 37.4 Å². The zero-order valence-electron chi connectivity index (χ0n) is 22.1. The number of nitrogens with zero attached hydrogens (tertiary/aromatic N) is 1. The maximum atomic E-state index is 12.0. The zero-order chi connectivity index (χ0) is 25.6. The van der Waals surface area contributed by atoms with Gasteiger partial charge in [0.2, 0.25) is 0 Å². The van der Waals surface area contributed by atoms with Crippen LogP contribution >= 0.6 is 11.6 Å². The van der Waals surface area contributed by atoms with Crippen molar-refractivity contribution in [3.8, 4) is 0 Å². The first-order chi connectivity index (χ1) is 17.6. The van der Waals surface area contributed by atoms with Crippen LogP contribution in [0.1, 0.15) is 94.3 Å². The topological polar surface area (TPSA) is 59.0 Å². The van der Waals surface area contributed by atoms with E-state index >= 15 is 0 Å². The van der Waals surface area contributed by atoms with Crippen LogP contribution in [-0.2, 0) is 14.3 Å². The molecule has 1 aliphatic carbocycles. The van der Waals surface area contributed by atoms with Gasteiger partial charge in [0.05, 0.1) is 19.3 Å². The minimum atomic E-state index is -0.373. The Morgan fingerprint density at radius 3 is 2.69 bits per heavy atom. The van der Waals surface area contributed by atoms with E-state index in [0.29, 0.717) is 24.9 Å². The summed E-state index contributed by atoms with van der Waals surface area (Å²) in [6.07, 6.45) is 13.7. The van der Waals surface area contributed by atoms with E-state index in [0.717, 1.165) is 83.4 Å². The fraction of sp³-hybridized carbons (Fsp3) is 0.700. The van der Waals surface area contributed by atoms with Crippen molar-refractivity contribution in [1.82, 2.24) is 4.90 Å². The van der Waals surface area contributed by atoms with Gasteiger partial charge < -0.3 is 14.6 Å². The van der Waals surface area contributed by atoms with Gasteiger partial charge in [0.15, 0.2) is 0 Å². The number of esters is 1. The lowest BCUT2D eigenvalue weighted by Crippen LogP contribution is -2.38. The molecule has 1 saturated heterocycles. The van der Waals surface area contributed by atoms with Crippen molar-refractivity contribution in [1.29, 1.82) is 0 Å². The Morgan fingerprint density at radius 2 is 1.94 bits per heavy atom. The highest BCUT2D eigenvalue weighted by Gasteiger charge is 2.35. The minimum absolute atomic E-state index is 0.101. The van der Waals surface area contributed by atoms with Crippen LogP contribution in [0.4, 0.5) is 0 Å². The number of carbonyl (C=O) groups is 1. The quantitative estimate of drug-likeness (QED) is 0.126. The van der Waals surface area contributed by atoms with Gasteiger partial charge in [-0.2, -0.15) is 0 Å². The van der Waals surface area contributed by atoms with E-state index < -0.39 is 0 Å². The summed E-state index contributed by atoms with van der Waals surface area (Å²) in [5, 5.41) is 10.6. The third-order valence-electron chi connectivity index (χ3n) is 7.63. The molecule has 0 unspecified atom stereocenters. The number of hydrogen-bond acceptors (Lipinski definition) is 5. The SMILES string of the molecule is CCCCC[C@@H](O)c1ccc([C@@H]2[C@@H](C/C=C/CCCC(=O)OCCN3CCOCC3)CC[C@@H]2Cl)cc1. The molecule has 1 saturated carbocycles. The summed E-state index contributed by atoms with van der Waals surface area (Å²) in [7, 11) is 0. The Labute approximate surface area is 223 Å². The number of benzene rings is 1. The smallest absolute Gasteiger partial charge is 0.305 e. The first kappa shape index (κ1) is 29.2. The van der Waals surface area contributed by atoms with Crippen LogP contribution < -0.4 is 0 Å². The van der Waals surface area contributed by atoms with Gasteiger partial charge in [0.1, 0.15) is 6.61 Å². The Kier molecular flexibility index (Phi) is 13.3. The highest BCUT2D eigenvalue weighted by Crippen LogP contribution is 2.45. The number of carbonyl (C=O) groups excluding carboxylic acids is 1. The fourth-order valence-electron chi connectivity index (χ4n) is 5.41. The highest BCUT2D eigenvalue weighted by atomic mass is 35.5. The Bertz CT molecular complexity index is 778. The number of rotatable bonds is 15. The minimum Gasteiger partial charge on any atom is -0.464 e. The standard InChI is InChI=1S/C30H46ClNO4/c1-2-3-6-10-28(33)24-12-14-26(15-13-24)30-25(16-17-27(30)31)9-7-4-5-8-11-29(34)36-23-20-32-18-21-35-22-19-32/h4,7,12-15,25,27-28,30,33H,2-3,5-6,8-11,16-23H2,1H3/b7-4+/t25-,27-,28+,30-/m0/s1. The molecule has 0 bridgehead atoms. The summed E-state index contributed by atoms with van der Waals surface area (Å²) < 4.78 is 10.7. The molecule has 4 atom stereocenters. The van der Waals surface area contributed by atoms with Crippen molar-refractivity contribution in [2.45, 2.75) is 88.5 Å². The number of halogens is 1. The maximum absolute atomic E-state index is 12.0. The van der Waals surface area contributed by atoms with Crippen LogP contribution in [-0.4, -0.2) is 60.8 Å². The molecule has 36 heavy (non-hydrogen) atoms. The van der Waals surface area contributed by atoms with Gasteiger partial charge in [-0.15, -0.1) is 11.6 Å². The summed E-state index contributed by atoms with van der Waals surface area (Å²) in [5.74, 6) is 0.787. The van der Waals surface area contributed by atoms with Gasteiger partial charge in [-0.05, 0) is 55.6 Å². The summed E-state index contributed by atoms with van der Waals surface area (Å²) in [4.78, 5) is 14.2. The second kappa shape index (κ2) is 16.4. The van der Waals surface area contributed by atoms with Crippen molar-refractivity contribution in [3.05, 3.63) is 47.5 Å². The Morgan fingerprint density at radius 1 is 1.17 bits per heavy atom. The Hall–Kier alpha value is -1.40. The second-order valence-corrected chi connectivity index (χ2v) is 10.9. The van der Waals surface area contributed by atoms with Crippen molar-refractivity contribution in [2.75, 3.05) is 39.5 Å². The van der Waals surface area contributed by atoms with Crippen LogP contribution in [0, 0.1) is 5.92 Å². The summed E-state index contributed by atoms with van der Waals surface area (Å²) in [6.45, 7) is 6.82. The number of aliphatic hydroxyl groups is 1. The number of unbranched alkanes of at least 4 members (excludes halogenated alkanes) is 3. The van der Waals surface area contributed by atoms with E-state index in [-0.39, 0.29) is 17.5 Å². The monoisotopic (exact) mass is 519 g/mol. The molecule has 1 aromatic rings. The van der Waals surface area contributed by atoms with Crippen molar-refractivity contribution >= 4 is 17.6 Å². The molecule has 2 aliphatic rings. The summed E-state index contributed by atoms with van der Waals surface area (Å²) in [5.41, 5.74) is 2.30. The average Bonchev–Trinajstić information content (AvgIpc) is 3.27. The molecule has 6 heteroatoms. The van der Waals surface area contributed by atoms with Crippen LogP contribution in [0.3, 0.4) is 0 Å². The van der Waals surface area contributed by atoms with Gasteiger partial charge in [0.25, 0.3) is 0 Å². The number of allylic oxidation sites excluding steroid dienone is 2. The third-order valence-corrected chi connectivity index (χ3v) is 8.12. The molecule has 1 heterocycles. The molecular weight excluding hydrogens is 474 g/mol. The van der Waals surface area contributed by atoms with E-state index in [1.807, 2.05) is 0 Å². The largest absolute Gasteiger partial charge is 0.464 e. The van der Waals surface area contributed by atoms with Crippen LogP contribution in [0.2, 0.25) is 0 Å². The molecule has 0 radical (unpaired) electrons. The predicted molar refractivity (Wildman–Crippen MR) is 146 cm³/mol. The van der Waals surface area contributed by atoms with Crippen LogP contribution in [0.5, 0.6) is 0 Å². The van der Waals surface area contributed by atoms with Gasteiger partial charge in [-0.1, -0.05) is 62.6 Å². The molecule has 1 aliphatic heterocycles. The molecule has 2 fully saturated rings. The first-order valence-electron chi connectivity index (χ1n) is 14.1. The predicted octanol–water partition coefficient (Wildman–Crippen LogP) is 6.39. The number of aliphatic hydroxyl groups excluding tert-OH is 1. The summed E-state index contributed by atoms with van der Waals surface area (Å²) in [6, 6.07) is 8.51. The molecule has 5 nitrogen and oxygen atoms in total. The molecule has 1 N–H and O–H groups in total. The lowest BCUT2D eigenvalue weighted by molar-refractivity contribution is -0.144.